The highest BCUT2D eigenvalue weighted by Gasteiger charge is 2.53. The molecule has 4 nitrogen and oxygen atoms in total. The molecule has 1 amide bonds. The van der Waals surface area contributed by atoms with Crippen molar-refractivity contribution in [3.8, 4) is 0 Å². The largest absolute Gasteiger partial charge is 0.392 e. The third kappa shape index (κ3) is 2.83. The SMILES string of the molecule is CCCN1CCC(NC(=O)C2(C(N)=S)CC2)CC1. The zero-order chi connectivity index (χ0) is 13.2. The molecule has 3 N–H and O–H groups in total. The van der Waals surface area contributed by atoms with E-state index in [-0.39, 0.29) is 5.91 Å². The molecule has 1 aliphatic carbocycles. The zero-order valence-electron chi connectivity index (χ0n) is 11.1. The van der Waals surface area contributed by atoms with Crippen LogP contribution >= 0.6 is 12.2 Å². The second-order valence-electron chi connectivity index (χ2n) is 5.54. The van der Waals surface area contributed by atoms with Crippen LogP contribution in [0.15, 0.2) is 0 Å². The quantitative estimate of drug-likeness (QED) is 0.732. The molecule has 0 aromatic rings. The van der Waals surface area contributed by atoms with E-state index in [0.717, 1.165) is 45.3 Å². The van der Waals surface area contributed by atoms with Gasteiger partial charge < -0.3 is 16.0 Å². The number of nitrogens with one attached hydrogen (secondary N) is 1. The molecule has 18 heavy (non-hydrogen) atoms. The van der Waals surface area contributed by atoms with Gasteiger partial charge in [-0.05, 0) is 38.6 Å². The number of nitrogens with zero attached hydrogens (tertiary/aromatic N) is 1. The molecule has 0 radical (unpaired) electrons. The highest BCUT2D eigenvalue weighted by molar-refractivity contribution is 7.80. The molecule has 0 unspecified atom stereocenters. The number of carbonyl (C=O) groups is 1. The van der Waals surface area contributed by atoms with Crippen molar-refractivity contribution in [2.24, 2.45) is 11.1 Å². The molecule has 0 bridgehead atoms. The molecule has 5 heteroatoms. The predicted molar refractivity (Wildman–Crippen MR) is 76.3 cm³/mol. The van der Waals surface area contributed by atoms with Crippen molar-refractivity contribution in [3.05, 3.63) is 0 Å². The molecule has 0 aromatic carbocycles. The second kappa shape index (κ2) is 5.53. The fourth-order valence-electron chi connectivity index (χ4n) is 2.65. The highest BCUT2D eigenvalue weighted by Crippen LogP contribution is 2.46. The standard InChI is InChI=1S/C13H23N3OS/c1-2-7-16-8-3-10(4-9-16)15-12(17)13(5-6-13)11(14)18/h10H,2-9H2,1H3,(H2,14,18)(H,15,17). The van der Waals surface area contributed by atoms with E-state index < -0.39 is 5.41 Å². The van der Waals surface area contributed by atoms with E-state index in [1.54, 1.807) is 0 Å². The minimum absolute atomic E-state index is 0.0592. The van der Waals surface area contributed by atoms with E-state index >= 15 is 0 Å². The van der Waals surface area contributed by atoms with Crippen LogP contribution in [0.1, 0.15) is 39.0 Å². The molecule has 1 saturated carbocycles. The van der Waals surface area contributed by atoms with Crippen molar-refractivity contribution in [1.29, 1.82) is 0 Å². The van der Waals surface area contributed by atoms with Gasteiger partial charge >= 0.3 is 0 Å². The van der Waals surface area contributed by atoms with Gasteiger partial charge in [-0.3, -0.25) is 4.79 Å². The van der Waals surface area contributed by atoms with Crippen molar-refractivity contribution >= 4 is 23.1 Å². The third-order valence-electron chi connectivity index (χ3n) is 4.12. The molecule has 102 valence electrons. The Balaban J connectivity index is 1.78. The first kappa shape index (κ1) is 13.7. The molecule has 2 fully saturated rings. The van der Waals surface area contributed by atoms with Crippen LogP contribution in [0.3, 0.4) is 0 Å². The Morgan fingerprint density at radius 3 is 2.50 bits per heavy atom. The first-order chi connectivity index (χ1) is 8.58. The number of amides is 1. The lowest BCUT2D eigenvalue weighted by atomic mass is 10.0. The summed E-state index contributed by atoms with van der Waals surface area (Å²) >= 11 is 5.00. The van der Waals surface area contributed by atoms with Gasteiger partial charge in [0.25, 0.3) is 0 Å². The number of likely N-dealkylation sites (tertiary alicyclic amines) is 1. The maximum Gasteiger partial charge on any atom is 0.233 e. The van der Waals surface area contributed by atoms with E-state index in [2.05, 4.69) is 17.1 Å². The van der Waals surface area contributed by atoms with Gasteiger partial charge in [0, 0.05) is 19.1 Å². The van der Waals surface area contributed by atoms with Crippen molar-refractivity contribution < 1.29 is 4.79 Å². The molecule has 2 rings (SSSR count). The fraction of sp³-hybridized carbons (Fsp3) is 0.846. The molecule has 0 atom stereocenters. The maximum absolute atomic E-state index is 12.2. The van der Waals surface area contributed by atoms with Crippen LogP contribution in [0.5, 0.6) is 0 Å². The summed E-state index contributed by atoms with van der Waals surface area (Å²) in [6, 6.07) is 0.303. The van der Waals surface area contributed by atoms with Gasteiger partial charge in [0.2, 0.25) is 5.91 Å². The van der Waals surface area contributed by atoms with Crippen molar-refractivity contribution in [3.63, 3.8) is 0 Å². The molecule has 1 aliphatic heterocycles. The van der Waals surface area contributed by atoms with Crippen molar-refractivity contribution in [2.75, 3.05) is 19.6 Å². The lowest BCUT2D eigenvalue weighted by molar-refractivity contribution is -0.125. The van der Waals surface area contributed by atoms with Crippen LogP contribution in [0.2, 0.25) is 0 Å². The summed E-state index contributed by atoms with van der Waals surface area (Å²) in [7, 11) is 0. The molecule has 2 aliphatic rings. The van der Waals surface area contributed by atoms with Crippen LogP contribution in [0.4, 0.5) is 0 Å². The number of carbonyl (C=O) groups excluding carboxylic acids is 1. The first-order valence-electron chi connectivity index (χ1n) is 6.91. The fourth-order valence-corrected chi connectivity index (χ4v) is 2.95. The average Bonchev–Trinajstić information content (AvgIpc) is 3.13. The van der Waals surface area contributed by atoms with Crippen LogP contribution in [-0.2, 0) is 4.79 Å². The maximum atomic E-state index is 12.2. The summed E-state index contributed by atoms with van der Waals surface area (Å²) in [5.41, 5.74) is 5.16. The van der Waals surface area contributed by atoms with Crippen LogP contribution < -0.4 is 11.1 Å². The van der Waals surface area contributed by atoms with Gasteiger partial charge in [-0.15, -0.1) is 0 Å². The topological polar surface area (TPSA) is 58.4 Å². The molecule has 1 saturated heterocycles. The van der Waals surface area contributed by atoms with Gasteiger partial charge in [-0.1, -0.05) is 19.1 Å². The Kier molecular flexibility index (Phi) is 4.22. The summed E-state index contributed by atoms with van der Waals surface area (Å²) in [5.74, 6) is 0.0592. The molecular formula is C13H23N3OS. The summed E-state index contributed by atoms with van der Waals surface area (Å²) in [4.78, 5) is 15.0. The number of piperidine rings is 1. The van der Waals surface area contributed by atoms with E-state index in [9.17, 15) is 4.79 Å². The number of nitrogens with two attached hydrogens (primary N) is 1. The smallest absolute Gasteiger partial charge is 0.233 e. The van der Waals surface area contributed by atoms with Crippen LogP contribution in [-0.4, -0.2) is 41.5 Å². The Morgan fingerprint density at radius 1 is 1.44 bits per heavy atom. The second-order valence-corrected chi connectivity index (χ2v) is 5.98. The van der Waals surface area contributed by atoms with Gasteiger partial charge in [-0.2, -0.15) is 0 Å². The lowest BCUT2D eigenvalue weighted by Crippen LogP contribution is -2.49. The summed E-state index contributed by atoms with van der Waals surface area (Å²) < 4.78 is 0. The summed E-state index contributed by atoms with van der Waals surface area (Å²) in [6.45, 7) is 5.53. The monoisotopic (exact) mass is 269 g/mol. The highest BCUT2D eigenvalue weighted by atomic mass is 32.1. The Hall–Kier alpha value is -0.680. The predicted octanol–water partition coefficient (Wildman–Crippen LogP) is 1.04. The zero-order valence-corrected chi connectivity index (χ0v) is 11.9. The van der Waals surface area contributed by atoms with E-state index in [1.165, 1.54) is 6.42 Å². The normalized spacial score (nSPS) is 23.6. The third-order valence-corrected chi connectivity index (χ3v) is 4.51. The summed E-state index contributed by atoms with van der Waals surface area (Å²) in [6.07, 6.45) is 4.92. The molecular weight excluding hydrogens is 246 g/mol. The number of thiocarbonyl (C=S) groups is 1. The van der Waals surface area contributed by atoms with Gasteiger partial charge in [-0.25, -0.2) is 0 Å². The number of rotatable bonds is 5. The Morgan fingerprint density at radius 2 is 2.06 bits per heavy atom. The number of hydrogen-bond donors (Lipinski definition) is 2. The minimum Gasteiger partial charge on any atom is -0.392 e. The molecule has 0 spiro atoms. The lowest BCUT2D eigenvalue weighted by Gasteiger charge is -2.32. The first-order valence-corrected chi connectivity index (χ1v) is 7.32. The Labute approximate surface area is 114 Å². The molecule has 1 heterocycles. The van der Waals surface area contributed by atoms with Crippen LogP contribution in [0.25, 0.3) is 0 Å². The van der Waals surface area contributed by atoms with Gasteiger partial charge in [0.15, 0.2) is 0 Å². The Bertz CT molecular complexity index is 333. The average molecular weight is 269 g/mol. The van der Waals surface area contributed by atoms with E-state index in [0.29, 0.717) is 11.0 Å². The summed E-state index contributed by atoms with van der Waals surface area (Å²) in [5, 5.41) is 3.13. The number of hydrogen-bond acceptors (Lipinski definition) is 3. The van der Waals surface area contributed by atoms with Gasteiger partial charge in [0.05, 0.1) is 10.4 Å². The van der Waals surface area contributed by atoms with E-state index in [1.807, 2.05) is 0 Å². The van der Waals surface area contributed by atoms with Crippen molar-refractivity contribution in [2.45, 2.75) is 45.1 Å². The minimum atomic E-state index is -0.504. The van der Waals surface area contributed by atoms with Gasteiger partial charge in [0.1, 0.15) is 0 Å². The van der Waals surface area contributed by atoms with E-state index in [4.69, 9.17) is 18.0 Å². The van der Waals surface area contributed by atoms with Crippen molar-refractivity contribution in [1.82, 2.24) is 10.2 Å². The molecule has 0 aromatic heterocycles. The van der Waals surface area contributed by atoms with Crippen LogP contribution in [0, 0.1) is 5.41 Å².